The van der Waals surface area contributed by atoms with Crippen LogP contribution in [0.4, 0.5) is 0 Å². The molecule has 0 radical (unpaired) electrons. The van der Waals surface area contributed by atoms with Crippen LogP contribution in [-0.4, -0.2) is 31.0 Å². The highest BCUT2D eigenvalue weighted by Gasteiger charge is 2.11. The minimum atomic E-state index is -2.88. The molecule has 0 aliphatic heterocycles. The predicted octanol–water partition coefficient (Wildman–Crippen LogP) is 1.98. The van der Waals surface area contributed by atoms with E-state index in [0.29, 0.717) is 12.6 Å². The van der Waals surface area contributed by atoms with E-state index in [2.05, 4.69) is 25.2 Å². The molecule has 0 aliphatic carbocycles. The maximum atomic E-state index is 11.4. The van der Waals surface area contributed by atoms with E-state index in [1.165, 1.54) is 5.56 Å². The van der Waals surface area contributed by atoms with Gasteiger partial charge in [0.05, 0.1) is 5.75 Å². The maximum Gasteiger partial charge on any atom is 0.151 e. The highest BCUT2D eigenvalue weighted by Crippen LogP contribution is 2.16. The third-order valence-electron chi connectivity index (χ3n) is 3.13. The van der Waals surface area contributed by atoms with Gasteiger partial charge < -0.3 is 9.88 Å². The zero-order valence-electron chi connectivity index (χ0n) is 11.5. The van der Waals surface area contributed by atoms with E-state index in [-0.39, 0.29) is 11.5 Å². The highest BCUT2D eigenvalue weighted by molar-refractivity contribution is 7.91. The quantitative estimate of drug-likeness (QED) is 0.787. The highest BCUT2D eigenvalue weighted by atomic mass is 32.2. The average Bonchev–Trinajstić information content (AvgIpc) is 2.82. The summed E-state index contributed by atoms with van der Waals surface area (Å²) in [5.41, 5.74) is 1.23. The molecule has 0 saturated heterocycles. The minimum Gasteiger partial charge on any atom is -0.353 e. The van der Waals surface area contributed by atoms with E-state index in [9.17, 15) is 8.42 Å². The summed E-state index contributed by atoms with van der Waals surface area (Å²) < 4.78 is 24.9. The molecule has 0 amide bonds. The van der Waals surface area contributed by atoms with Crippen LogP contribution in [0, 0.1) is 0 Å². The van der Waals surface area contributed by atoms with Crippen molar-refractivity contribution < 1.29 is 8.42 Å². The van der Waals surface area contributed by atoms with Gasteiger partial charge in [-0.15, -0.1) is 0 Å². The molecule has 0 fully saturated rings. The van der Waals surface area contributed by atoms with Crippen molar-refractivity contribution in [1.82, 2.24) is 9.88 Å². The summed E-state index contributed by atoms with van der Waals surface area (Å²) in [5.74, 6) is 0.436. The molecule has 4 nitrogen and oxygen atoms in total. The molecule has 0 bridgehead atoms. The Morgan fingerprint density at radius 3 is 2.61 bits per heavy atom. The predicted molar refractivity (Wildman–Crippen MR) is 75.5 cm³/mol. The molecule has 1 unspecified atom stereocenters. The molecule has 5 heteroatoms. The standard InChI is InChI=1S/C13H24N2O2S/c1-4-13(14-5-2)12-7-8-15(11-12)9-10-18(16,17)6-3/h7-8,11,13-14H,4-6,9-10H2,1-3H3. The first-order chi connectivity index (χ1) is 8.52. The van der Waals surface area contributed by atoms with E-state index < -0.39 is 9.84 Å². The Bertz CT molecular complexity index is 451. The summed E-state index contributed by atoms with van der Waals surface area (Å²) in [5, 5.41) is 3.41. The van der Waals surface area contributed by atoms with Crippen LogP contribution < -0.4 is 5.32 Å². The summed E-state index contributed by atoms with van der Waals surface area (Å²) >= 11 is 0. The molecular weight excluding hydrogens is 248 g/mol. The first-order valence-electron chi connectivity index (χ1n) is 6.61. The van der Waals surface area contributed by atoms with Gasteiger partial charge in [0.1, 0.15) is 0 Å². The molecule has 0 aromatic carbocycles. The van der Waals surface area contributed by atoms with Crippen LogP contribution in [0.2, 0.25) is 0 Å². The second kappa shape index (κ2) is 6.95. The normalized spacial score (nSPS) is 13.7. The van der Waals surface area contributed by atoms with Crippen molar-refractivity contribution in [2.45, 2.75) is 39.8 Å². The Hall–Kier alpha value is -0.810. The number of rotatable bonds is 8. The average molecular weight is 272 g/mol. The Morgan fingerprint density at radius 1 is 1.33 bits per heavy atom. The van der Waals surface area contributed by atoms with Crippen molar-refractivity contribution in [3.05, 3.63) is 24.0 Å². The lowest BCUT2D eigenvalue weighted by atomic mass is 10.1. The molecule has 1 heterocycles. The van der Waals surface area contributed by atoms with E-state index >= 15 is 0 Å². The van der Waals surface area contributed by atoms with E-state index in [1.807, 2.05) is 17.0 Å². The van der Waals surface area contributed by atoms with Crippen LogP contribution in [0.15, 0.2) is 18.5 Å². The van der Waals surface area contributed by atoms with Crippen molar-refractivity contribution in [2.24, 2.45) is 0 Å². The number of hydrogen-bond acceptors (Lipinski definition) is 3. The lowest BCUT2D eigenvalue weighted by Gasteiger charge is -2.13. The van der Waals surface area contributed by atoms with Crippen LogP contribution in [-0.2, 0) is 16.4 Å². The molecule has 0 aliphatic rings. The fourth-order valence-corrected chi connectivity index (χ4v) is 2.72. The monoisotopic (exact) mass is 272 g/mol. The van der Waals surface area contributed by atoms with Crippen molar-refractivity contribution >= 4 is 9.84 Å². The largest absolute Gasteiger partial charge is 0.353 e. The fraction of sp³-hybridized carbons (Fsp3) is 0.692. The third kappa shape index (κ3) is 4.46. The number of hydrogen-bond donors (Lipinski definition) is 1. The first-order valence-corrected chi connectivity index (χ1v) is 8.44. The van der Waals surface area contributed by atoms with Crippen LogP contribution in [0.25, 0.3) is 0 Å². The minimum absolute atomic E-state index is 0.218. The lowest BCUT2D eigenvalue weighted by Crippen LogP contribution is -2.19. The second-order valence-electron chi connectivity index (χ2n) is 4.44. The van der Waals surface area contributed by atoms with Gasteiger partial charge in [-0.3, -0.25) is 0 Å². The topological polar surface area (TPSA) is 51.1 Å². The van der Waals surface area contributed by atoms with Gasteiger partial charge in [-0.05, 0) is 24.6 Å². The lowest BCUT2D eigenvalue weighted by molar-refractivity contribution is 0.536. The van der Waals surface area contributed by atoms with Gasteiger partial charge >= 0.3 is 0 Å². The van der Waals surface area contributed by atoms with Crippen LogP contribution in [0.3, 0.4) is 0 Å². The zero-order valence-corrected chi connectivity index (χ0v) is 12.3. The third-order valence-corrected chi connectivity index (χ3v) is 4.82. The summed E-state index contributed by atoms with van der Waals surface area (Å²) in [4.78, 5) is 0. The SMILES string of the molecule is CCNC(CC)c1ccn(CCS(=O)(=O)CC)c1. The molecule has 1 rings (SSSR count). The molecular formula is C13H24N2O2S. The molecule has 1 aromatic rings. The van der Waals surface area contributed by atoms with E-state index in [4.69, 9.17) is 0 Å². The van der Waals surface area contributed by atoms with Gasteiger partial charge in [-0.25, -0.2) is 8.42 Å². The van der Waals surface area contributed by atoms with Gasteiger partial charge in [0.15, 0.2) is 9.84 Å². The first kappa shape index (κ1) is 15.2. The van der Waals surface area contributed by atoms with Gasteiger partial charge in [-0.1, -0.05) is 20.8 Å². The molecule has 1 atom stereocenters. The molecule has 18 heavy (non-hydrogen) atoms. The van der Waals surface area contributed by atoms with Crippen molar-refractivity contribution in [3.8, 4) is 0 Å². The second-order valence-corrected chi connectivity index (χ2v) is 6.91. The van der Waals surface area contributed by atoms with Crippen molar-refractivity contribution in [3.63, 3.8) is 0 Å². The van der Waals surface area contributed by atoms with Gasteiger partial charge in [0.2, 0.25) is 0 Å². The Balaban J connectivity index is 2.63. The zero-order chi connectivity index (χ0) is 13.6. The number of nitrogens with one attached hydrogen (secondary N) is 1. The van der Waals surface area contributed by atoms with E-state index in [1.54, 1.807) is 6.92 Å². The van der Waals surface area contributed by atoms with Crippen LogP contribution in [0.1, 0.15) is 38.8 Å². The van der Waals surface area contributed by atoms with E-state index in [0.717, 1.165) is 13.0 Å². The molecule has 104 valence electrons. The summed E-state index contributed by atoms with van der Waals surface area (Å²) in [6, 6.07) is 2.43. The number of sulfone groups is 1. The number of aromatic nitrogens is 1. The molecule has 0 saturated carbocycles. The number of aryl methyl sites for hydroxylation is 1. The van der Waals surface area contributed by atoms with Crippen LogP contribution in [0.5, 0.6) is 0 Å². The molecule has 1 aromatic heterocycles. The number of nitrogens with zero attached hydrogens (tertiary/aromatic N) is 1. The fourth-order valence-electron chi connectivity index (χ4n) is 1.94. The Kier molecular flexibility index (Phi) is 5.88. The van der Waals surface area contributed by atoms with Crippen molar-refractivity contribution in [2.75, 3.05) is 18.1 Å². The smallest absolute Gasteiger partial charge is 0.151 e. The van der Waals surface area contributed by atoms with Gasteiger partial charge in [-0.2, -0.15) is 0 Å². The van der Waals surface area contributed by atoms with Gasteiger partial charge in [0, 0.05) is 30.7 Å². The van der Waals surface area contributed by atoms with Crippen molar-refractivity contribution in [1.29, 1.82) is 0 Å². The summed E-state index contributed by atoms with van der Waals surface area (Å²) in [6.45, 7) is 7.40. The Morgan fingerprint density at radius 2 is 2.06 bits per heavy atom. The Labute approximate surface area is 110 Å². The summed E-state index contributed by atoms with van der Waals surface area (Å²) in [7, 11) is -2.88. The van der Waals surface area contributed by atoms with Gasteiger partial charge in [0.25, 0.3) is 0 Å². The van der Waals surface area contributed by atoms with Crippen LogP contribution >= 0.6 is 0 Å². The maximum absolute atomic E-state index is 11.4. The summed E-state index contributed by atoms with van der Waals surface area (Å²) in [6.07, 6.45) is 5.04. The molecule has 0 spiro atoms. The molecule has 1 N–H and O–H groups in total.